The molecular formula is C13H20BrNOS. The molecule has 0 radical (unpaired) electrons. The largest absolute Gasteiger partial charge is 0.375 e. The normalized spacial score (nSPS) is 35.1. The highest BCUT2D eigenvalue weighted by atomic mass is 79.9. The van der Waals surface area contributed by atoms with E-state index >= 15 is 0 Å². The van der Waals surface area contributed by atoms with E-state index in [4.69, 9.17) is 10.5 Å². The van der Waals surface area contributed by atoms with Crippen LogP contribution >= 0.6 is 27.3 Å². The third-order valence-electron chi connectivity index (χ3n) is 3.87. The van der Waals surface area contributed by atoms with Gasteiger partial charge in [-0.15, -0.1) is 11.3 Å². The lowest BCUT2D eigenvalue weighted by atomic mass is 9.82. The molecule has 2 nitrogen and oxygen atoms in total. The third-order valence-corrected chi connectivity index (χ3v) is 5.59. The minimum Gasteiger partial charge on any atom is -0.375 e. The van der Waals surface area contributed by atoms with Crippen molar-refractivity contribution in [1.29, 1.82) is 0 Å². The van der Waals surface area contributed by atoms with Crippen molar-refractivity contribution in [2.24, 2.45) is 17.6 Å². The van der Waals surface area contributed by atoms with E-state index in [0.29, 0.717) is 17.9 Å². The Hall–Kier alpha value is 0.1000. The standard InChI is InChI=1S/C13H20BrNOS/c1-7-8(2)16-9(3)13(7)12(15)5-11-4-10(14)6-17-11/h4,6-9,12-13H,5,15H2,1-3H3. The molecule has 1 fully saturated rings. The van der Waals surface area contributed by atoms with Gasteiger partial charge in [0, 0.05) is 26.7 Å². The summed E-state index contributed by atoms with van der Waals surface area (Å²) in [6.45, 7) is 6.55. The van der Waals surface area contributed by atoms with Crippen LogP contribution < -0.4 is 5.73 Å². The van der Waals surface area contributed by atoms with Crippen molar-refractivity contribution in [2.45, 2.75) is 45.4 Å². The summed E-state index contributed by atoms with van der Waals surface area (Å²) in [6.07, 6.45) is 1.56. The van der Waals surface area contributed by atoms with Crippen LogP contribution in [0.2, 0.25) is 0 Å². The van der Waals surface area contributed by atoms with Gasteiger partial charge < -0.3 is 10.5 Å². The van der Waals surface area contributed by atoms with Crippen LogP contribution in [0.5, 0.6) is 0 Å². The Labute approximate surface area is 116 Å². The Kier molecular flexibility index (Phi) is 4.29. The molecule has 1 aliphatic rings. The van der Waals surface area contributed by atoms with Gasteiger partial charge in [-0.2, -0.15) is 0 Å². The van der Waals surface area contributed by atoms with Gasteiger partial charge in [-0.25, -0.2) is 0 Å². The second kappa shape index (κ2) is 5.39. The van der Waals surface area contributed by atoms with Crippen molar-refractivity contribution < 1.29 is 4.74 Å². The Morgan fingerprint density at radius 2 is 2.12 bits per heavy atom. The van der Waals surface area contributed by atoms with Crippen LogP contribution in [0.25, 0.3) is 0 Å². The van der Waals surface area contributed by atoms with Crippen molar-refractivity contribution in [1.82, 2.24) is 0 Å². The predicted octanol–water partition coefficient (Wildman–Crippen LogP) is 3.44. The second-order valence-electron chi connectivity index (χ2n) is 5.08. The predicted molar refractivity (Wildman–Crippen MR) is 76.4 cm³/mol. The van der Waals surface area contributed by atoms with Crippen LogP contribution in [0.15, 0.2) is 15.9 Å². The lowest BCUT2D eigenvalue weighted by Gasteiger charge is -2.25. The zero-order chi connectivity index (χ0) is 12.6. The van der Waals surface area contributed by atoms with Gasteiger partial charge in [0.15, 0.2) is 0 Å². The smallest absolute Gasteiger partial charge is 0.0597 e. The maximum atomic E-state index is 6.37. The molecule has 1 saturated heterocycles. The molecule has 0 amide bonds. The second-order valence-corrected chi connectivity index (χ2v) is 6.99. The summed E-state index contributed by atoms with van der Waals surface area (Å²) in [6, 6.07) is 2.36. The minimum atomic E-state index is 0.190. The fraction of sp³-hybridized carbons (Fsp3) is 0.692. The summed E-state index contributed by atoms with van der Waals surface area (Å²) in [5.74, 6) is 1.01. The number of halogens is 1. The summed E-state index contributed by atoms with van der Waals surface area (Å²) < 4.78 is 7.02. The summed E-state index contributed by atoms with van der Waals surface area (Å²) in [5.41, 5.74) is 6.37. The Morgan fingerprint density at radius 3 is 2.59 bits per heavy atom. The highest BCUT2D eigenvalue weighted by Crippen LogP contribution is 2.35. The van der Waals surface area contributed by atoms with Crippen molar-refractivity contribution in [2.75, 3.05) is 0 Å². The van der Waals surface area contributed by atoms with Crippen molar-refractivity contribution in [3.63, 3.8) is 0 Å². The number of hydrogen-bond acceptors (Lipinski definition) is 3. The van der Waals surface area contributed by atoms with E-state index < -0.39 is 0 Å². The summed E-state index contributed by atoms with van der Waals surface area (Å²) >= 11 is 5.26. The van der Waals surface area contributed by atoms with Gasteiger partial charge in [-0.3, -0.25) is 0 Å². The molecule has 4 heteroatoms. The topological polar surface area (TPSA) is 35.2 Å². The van der Waals surface area contributed by atoms with E-state index in [1.54, 1.807) is 11.3 Å². The van der Waals surface area contributed by atoms with Crippen LogP contribution in [0.3, 0.4) is 0 Å². The molecule has 17 heavy (non-hydrogen) atoms. The fourth-order valence-electron chi connectivity index (χ4n) is 2.86. The van der Waals surface area contributed by atoms with Crippen molar-refractivity contribution in [3.8, 4) is 0 Å². The monoisotopic (exact) mass is 317 g/mol. The number of ether oxygens (including phenoxy) is 1. The quantitative estimate of drug-likeness (QED) is 0.926. The van der Waals surface area contributed by atoms with Gasteiger partial charge in [0.1, 0.15) is 0 Å². The van der Waals surface area contributed by atoms with E-state index in [2.05, 4.69) is 48.1 Å². The van der Waals surface area contributed by atoms with Gasteiger partial charge >= 0.3 is 0 Å². The van der Waals surface area contributed by atoms with E-state index in [-0.39, 0.29) is 12.1 Å². The maximum Gasteiger partial charge on any atom is 0.0597 e. The zero-order valence-electron chi connectivity index (χ0n) is 10.5. The molecule has 2 N–H and O–H groups in total. The lowest BCUT2D eigenvalue weighted by molar-refractivity contribution is 0.0490. The molecule has 0 aromatic carbocycles. The van der Waals surface area contributed by atoms with Crippen LogP contribution in [0.4, 0.5) is 0 Å². The van der Waals surface area contributed by atoms with Crippen LogP contribution in [-0.2, 0) is 11.2 Å². The number of rotatable bonds is 3. The summed E-state index contributed by atoms with van der Waals surface area (Å²) in [4.78, 5) is 1.35. The third kappa shape index (κ3) is 2.92. The average Bonchev–Trinajstić information content (AvgIpc) is 2.73. The molecule has 0 spiro atoms. The van der Waals surface area contributed by atoms with Gasteiger partial charge in [-0.1, -0.05) is 6.92 Å². The first kappa shape index (κ1) is 13.5. The maximum absolute atomic E-state index is 6.37. The molecular weight excluding hydrogens is 298 g/mol. The van der Waals surface area contributed by atoms with E-state index in [9.17, 15) is 0 Å². The lowest BCUT2D eigenvalue weighted by Crippen LogP contribution is -2.39. The first-order valence-electron chi connectivity index (χ1n) is 6.13. The van der Waals surface area contributed by atoms with E-state index in [1.165, 1.54) is 4.88 Å². The van der Waals surface area contributed by atoms with Crippen LogP contribution in [-0.4, -0.2) is 18.2 Å². The molecule has 1 aromatic heterocycles. The first-order chi connectivity index (χ1) is 7.99. The molecule has 0 saturated carbocycles. The Morgan fingerprint density at radius 1 is 1.41 bits per heavy atom. The van der Waals surface area contributed by atoms with Crippen LogP contribution in [0, 0.1) is 11.8 Å². The highest BCUT2D eigenvalue weighted by Gasteiger charge is 2.40. The molecule has 0 bridgehead atoms. The van der Waals surface area contributed by atoms with Crippen molar-refractivity contribution in [3.05, 3.63) is 20.8 Å². The highest BCUT2D eigenvalue weighted by molar-refractivity contribution is 9.10. The molecule has 1 aliphatic heterocycles. The molecule has 1 aromatic rings. The van der Waals surface area contributed by atoms with Gasteiger partial charge in [-0.05, 0) is 48.2 Å². The number of nitrogens with two attached hydrogens (primary N) is 1. The molecule has 5 unspecified atom stereocenters. The minimum absolute atomic E-state index is 0.190. The fourth-order valence-corrected chi connectivity index (χ4v) is 4.38. The van der Waals surface area contributed by atoms with E-state index in [1.807, 2.05) is 0 Å². The summed E-state index contributed by atoms with van der Waals surface area (Å²) in [5, 5.41) is 2.11. The number of hydrogen-bond donors (Lipinski definition) is 1. The van der Waals surface area contributed by atoms with Gasteiger partial charge in [0.2, 0.25) is 0 Å². The molecule has 2 rings (SSSR count). The zero-order valence-corrected chi connectivity index (χ0v) is 12.9. The average molecular weight is 318 g/mol. The Balaban J connectivity index is 2.02. The Bertz CT molecular complexity index is 381. The molecule has 0 aliphatic carbocycles. The van der Waals surface area contributed by atoms with Gasteiger partial charge in [0.05, 0.1) is 12.2 Å². The van der Waals surface area contributed by atoms with E-state index in [0.717, 1.165) is 10.9 Å². The molecule has 96 valence electrons. The molecule has 2 heterocycles. The summed E-state index contributed by atoms with van der Waals surface area (Å²) in [7, 11) is 0. The first-order valence-corrected chi connectivity index (χ1v) is 7.80. The molecule has 5 atom stereocenters. The van der Waals surface area contributed by atoms with Crippen molar-refractivity contribution >= 4 is 27.3 Å². The van der Waals surface area contributed by atoms with Crippen LogP contribution in [0.1, 0.15) is 25.6 Å². The SMILES string of the molecule is CC1OC(C)C(C(N)Cc2cc(Br)cs2)C1C. The van der Waals surface area contributed by atoms with Gasteiger partial charge in [0.25, 0.3) is 0 Å². The number of thiophene rings is 1.